The Labute approximate surface area is 169 Å². The molecule has 1 aliphatic heterocycles. The fourth-order valence-corrected chi connectivity index (χ4v) is 4.30. The normalized spacial score (nSPS) is 16.3. The number of rotatable bonds is 3. The lowest BCUT2D eigenvalue weighted by Crippen LogP contribution is -2.35. The highest BCUT2D eigenvalue weighted by atomic mass is 16.3. The number of carbonyl (C=O) groups is 1. The van der Waals surface area contributed by atoms with Gasteiger partial charge in [-0.25, -0.2) is 0 Å². The molecular weight excluding hydrogens is 360 g/mol. The molecule has 4 aromatic rings. The second kappa shape index (κ2) is 7.22. The average Bonchev–Trinajstić information content (AvgIpc) is 3.29. The molecule has 0 aliphatic carbocycles. The van der Waals surface area contributed by atoms with Gasteiger partial charge >= 0.3 is 0 Å². The van der Waals surface area contributed by atoms with Crippen molar-refractivity contribution in [3.05, 3.63) is 72.8 Å². The summed E-state index contributed by atoms with van der Waals surface area (Å²) >= 11 is 0. The second-order valence-electron chi connectivity index (χ2n) is 7.53. The number of aromatic hydroxyl groups is 1. The molecule has 0 aromatic heterocycles. The molecule has 5 rings (SSSR count). The van der Waals surface area contributed by atoms with Gasteiger partial charge in [0.2, 0.25) is 5.91 Å². The van der Waals surface area contributed by atoms with Crippen LogP contribution in [0.1, 0.15) is 12.8 Å². The van der Waals surface area contributed by atoms with Crippen LogP contribution in [0.25, 0.3) is 32.7 Å². The molecule has 0 radical (unpaired) electrons. The van der Waals surface area contributed by atoms with Crippen molar-refractivity contribution in [2.75, 3.05) is 11.9 Å². The SMILES string of the molecule is O=C(Nc1ccc2ccccc2c1-c1c(O)ccc2ccccc12)[C@@H]1CCCN1. The number of hydrogen-bond donors (Lipinski definition) is 3. The second-order valence-corrected chi connectivity index (χ2v) is 7.53. The van der Waals surface area contributed by atoms with Gasteiger partial charge < -0.3 is 15.7 Å². The van der Waals surface area contributed by atoms with E-state index in [1.165, 1.54) is 0 Å². The zero-order valence-corrected chi connectivity index (χ0v) is 16.0. The third-order valence-electron chi connectivity index (χ3n) is 5.72. The molecule has 4 heteroatoms. The van der Waals surface area contributed by atoms with Crippen LogP contribution in [-0.2, 0) is 4.79 Å². The van der Waals surface area contributed by atoms with Crippen molar-refractivity contribution >= 4 is 33.1 Å². The summed E-state index contributed by atoms with van der Waals surface area (Å²) in [5.41, 5.74) is 2.31. The molecule has 0 saturated carbocycles. The van der Waals surface area contributed by atoms with Gasteiger partial charge in [-0.1, -0.05) is 60.7 Å². The minimum atomic E-state index is -0.171. The van der Waals surface area contributed by atoms with Crippen LogP contribution in [0.4, 0.5) is 5.69 Å². The number of nitrogens with one attached hydrogen (secondary N) is 2. The number of amides is 1. The first kappa shape index (κ1) is 17.7. The third kappa shape index (κ3) is 3.12. The van der Waals surface area contributed by atoms with E-state index < -0.39 is 0 Å². The molecule has 0 unspecified atom stereocenters. The minimum Gasteiger partial charge on any atom is -0.507 e. The Balaban J connectivity index is 1.76. The molecule has 1 fully saturated rings. The first-order valence-corrected chi connectivity index (χ1v) is 9.99. The van der Waals surface area contributed by atoms with Crippen molar-refractivity contribution in [2.45, 2.75) is 18.9 Å². The average molecular weight is 382 g/mol. The standard InChI is InChI=1S/C25H22N2O2/c28-22-14-12-17-7-2-4-9-19(17)24(22)23-18-8-3-1-6-16(18)11-13-20(23)27-25(29)21-10-5-15-26-21/h1-4,6-9,11-14,21,26,28H,5,10,15H2,(H,27,29)/t21-/m0/s1. The third-order valence-corrected chi connectivity index (χ3v) is 5.72. The van der Waals surface area contributed by atoms with Crippen molar-refractivity contribution in [2.24, 2.45) is 0 Å². The zero-order chi connectivity index (χ0) is 19.8. The molecule has 1 amide bonds. The Kier molecular flexibility index (Phi) is 4.41. The van der Waals surface area contributed by atoms with Crippen LogP contribution >= 0.6 is 0 Å². The van der Waals surface area contributed by atoms with E-state index in [0.29, 0.717) is 5.69 Å². The van der Waals surface area contributed by atoms with Crippen LogP contribution in [0.5, 0.6) is 5.75 Å². The van der Waals surface area contributed by atoms with Crippen LogP contribution in [0.15, 0.2) is 72.8 Å². The lowest BCUT2D eigenvalue weighted by Gasteiger charge is -2.19. The molecule has 1 saturated heterocycles. The zero-order valence-electron chi connectivity index (χ0n) is 16.0. The lowest BCUT2D eigenvalue weighted by molar-refractivity contribution is -0.117. The van der Waals surface area contributed by atoms with Gasteiger partial charge in [0.05, 0.1) is 6.04 Å². The molecular formula is C25H22N2O2. The van der Waals surface area contributed by atoms with Crippen LogP contribution < -0.4 is 10.6 Å². The van der Waals surface area contributed by atoms with E-state index in [1.807, 2.05) is 66.7 Å². The summed E-state index contributed by atoms with van der Waals surface area (Å²) in [5, 5.41) is 21.3. The summed E-state index contributed by atoms with van der Waals surface area (Å²) in [5.74, 6) is 0.174. The van der Waals surface area contributed by atoms with Crippen LogP contribution in [0.2, 0.25) is 0 Å². The van der Waals surface area contributed by atoms with Gasteiger partial charge in [-0.2, -0.15) is 0 Å². The van der Waals surface area contributed by atoms with Gasteiger partial charge in [0.15, 0.2) is 0 Å². The Morgan fingerprint density at radius 2 is 1.52 bits per heavy atom. The lowest BCUT2D eigenvalue weighted by atomic mass is 9.91. The predicted molar refractivity (Wildman–Crippen MR) is 118 cm³/mol. The maximum atomic E-state index is 12.8. The topological polar surface area (TPSA) is 61.4 Å². The Morgan fingerprint density at radius 1 is 0.862 bits per heavy atom. The molecule has 3 N–H and O–H groups in total. The van der Waals surface area contributed by atoms with Crippen molar-refractivity contribution in [1.29, 1.82) is 0 Å². The Bertz CT molecular complexity index is 1230. The van der Waals surface area contributed by atoms with Gasteiger partial charge in [-0.05, 0) is 53.1 Å². The molecule has 1 heterocycles. The fraction of sp³-hybridized carbons (Fsp3) is 0.160. The van der Waals surface area contributed by atoms with E-state index in [1.54, 1.807) is 6.07 Å². The van der Waals surface area contributed by atoms with E-state index in [-0.39, 0.29) is 17.7 Å². The highest BCUT2D eigenvalue weighted by molar-refractivity contribution is 6.14. The summed E-state index contributed by atoms with van der Waals surface area (Å²) in [4.78, 5) is 12.8. The molecule has 29 heavy (non-hydrogen) atoms. The van der Waals surface area contributed by atoms with Gasteiger partial charge in [0.1, 0.15) is 5.75 Å². The smallest absolute Gasteiger partial charge is 0.241 e. The van der Waals surface area contributed by atoms with Crippen molar-refractivity contribution in [1.82, 2.24) is 5.32 Å². The summed E-state index contributed by atoms with van der Waals surface area (Å²) in [6.45, 7) is 0.868. The van der Waals surface area contributed by atoms with E-state index in [9.17, 15) is 9.90 Å². The summed E-state index contributed by atoms with van der Waals surface area (Å²) in [6, 6.07) is 23.5. The van der Waals surface area contributed by atoms with E-state index in [0.717, 1.165) is 52.1 Å². The number of phenolic OH excluding ortho intramolecular Hbond substituents is 1. The number of hydrogen-bond acceptors (Lipinski definition) is 3. The first-order valence-electron chi connectivity index (χ1n) is 9.99. The van der Waals surface area contributed by atoms with Gasteiger partial charge in [0.25, 0.3) is 0 Å². The highest BCUT2D eigenvalue weighted by Gasteiger charge is 2.24. The van der Waals surface area contributed by atoms with E-state index in [2.05, 4.69) is 10.6 Å². The Morgan fingerprint density at radius 3 is 2.21 bits per heavy atom. The van der Waals surface area contributed by atoms with Crippen LogP contribution in [0, 0.1) is 0 Å². The fourth-order valence-electron chi connectivity index (χ4n) is 4.30. The molecule has 1 atom stereocenters. The first-order chi connectivity index (χ1) is 14.2. The summed E-state index contributed by atoms with van der Waals surface area (Å²) in [6.07, 6.45) is 1.85. The number of benzene rings is 4. The molecule has 0 spiro atoms. The summed E-state index contributed by atoms with van der Waals surface area (Å²) < 4.78 is 0. The molecule has 4 nitrogen and oxygen atoms in total. The van der Waals surface area contributed by atoms with Crippen molar-refractivity contribution in [3.8, 4) is 16.9 Å². The minimum absolute atomic E-state index is 0.0289. The largest absolute Gasteiger partial charge is 0.507 e. The van der Waals surface area contributed by atoms with E-state index in [4.69, 9.17) is 0 Å². The maximum absolute atomic E-state index is 12.8. The van der Waals surface area contributed by atoms with Crippen molar-refractivity contribution in [3.63, 3.8) is 0 Å². The monoisotopic (exact) mass is 382 g/mol. The Hall–Kier alpha value is -3.37. The maximum Gasteiger partial charge on any atom is 0.241 e. The summed E-state index contributed by atoms with van der Waals surface area (Å²) in [7, 11) is 0. The number of fused-ring (bicyclic) bond motifs is 2. The van der Waals surface area contributed by atoms with Gasteiger partial charge in [-0.15, -0.1) is 0 Å². The predicted octanol–water partition coefficient (Wildman–Crippen LogP) is 5.06. The van der Waals surface area contributed by atoms with Crippen LogP contribution in [0.3, 0.4) is 0 Å². The van der Waals surface area contributed by atoms with Gasteiger partial charge in [0, 0.05) is 16.8 Å². The van der Waals surface area contributed by atoms with Gasteiger partial charge in [-0.3, -0.25) is 4.79 Å². The molecule has 144 valence electrons. The van der Waals surface area contributed by atoms with E-state index >= 15 is 0 Å². The highest BCUT2D eigenvalue weighted by Crippen LogP contribution is 2.44. The quantitative estimate of drug-likeness (QED) is 0.464. The molecule has 0 bridgehead atoms. The van der Waals surface area contributed by atoms with Crippen molar-refractivity contribution < 1.29 is 9.90 Å². The number of phenols is 1. The number of anilines is 1. The molecule has 4 aromatic carbocycles. The molecule has 1 aliphatic rings. The number of carbonyl (C=O) groups excluding carboxylic acids is 1. The van der Waals surface area contributed by atoms with Crippen LogP contribution in [-0.4, -0.2) is 23.6 Å².